The van der Waals surface area contributed by atoms with Crippen LogP contribution in [-0.2, 0) is 21.4 Å². The number of aryl methyl sites for hydroxylation is 1. The van der Waals surface area contributed by atoms with Gasteiger partial charge in [-0.1, -0.05) is 29.8 Å². The van der Waals surface area contributed by atoms with Gasteiger partial charge < -0.3 is 9.47 Å². The first-order valence-electron chi connectivity index (χ1n) is 10.1. The number of hydrogen-bond acceptors (Lipinski definition) is 7. The Hall–Kier alpha value is -2.99. The van der Waals surface area contributed by atoms with E-state index in [1.807, 2.05) is 30.3 Å². The van der Waals surface area contributed by atoms with E-state index in [0.717, 1.165) is 11.8 Å². The molecule has 1 aliphatic heterocycles. The highest BCUT2D eigenvalue weighted by Crippen LogP contribution is 2.33. The number of benzene rings is 2. The molecule has 3 aromatic rings. The van der Waals surface area contributed by atoms with Gasteiger partial charge in [-0.15, -0.1) is 0 Å². The van der Waals surface area contributed by atoms with Crippen LogP contribution in [0.1, 0.15) is 11.3 Å². The van der Waals surface area contributed by atoms with Crippen LogP contribution in [0.4, 0.5) is 5.69 Å². The lowest BCUT2D eigenvalue weighted by molar-refractivity contribution is -0.386. The van der Waals surface area contributed by atoms with Crippen molar-refractivity contribution in [2.45, 2.75) is 18.4 Å². The number of hydrogen-bond donors (Lipinski definition) is 0. The minimum Gasteiger partial charge on any atom is -0.482 e. The van der Waals surface area contributed by atoms with Crippen molar-refractivity contribution in [3.05, 3.63) is 75.1 Å². The lowest BCUT2D eigenvalue weighted by Crippen LogP contribution is -2.40. The number of nitrogens with zero attached hydrogens (tertiary/aromatic N) is 4. The molecule has 10 nitrogen and oxygen atoms in total. The van der Waals surface area contributed by atoms with Gasteiger partial charge in [0.2, 0.25) is 10.0 Å². The zero-order chi connectivity index (χ0) is 23.6. The molecule has 0 N–H and O–H groups in total. The Morgan fingerprint density at radius 3 is 2.55 bits per heavy atom. The zero-order valence-corrected chi connectivity index (χ0v) is 19.3. The number of morpholine rings is 1. The summed E-state index contributed by atoms with van der Waals surface area (Å²) in [4.78, 5) is 10.8. The first-order chi connectivity index (χ1) is 15.8. The van der Waals surface area contributed by atoms with E-state index in [2.05, 4.69) is 5.10 Å². The second-order valence-electron chi connectivity index (χ2n) is 7.29. The fraction of sp³-hybridized carbons (Fsp3) is 0.286. The molecule has 0 spiro atoms. The SMILES string of the molecule is Cc1nn(-c2ccccc2)c(Cl)c1COc1ccc(S(=O)(=O)N2CCOCC2)cc1[N+](=O)[O-]. The lowest BCUT2D eigenvalue weighted by atomic mass is 10.2. The van der Waals surface area contributed by atoms with E-state index in [0.29, 0.717) is 16.4 Å². The van der Waals surface area contributed by atoms with Gasteiger partial charge in [-0.2, -0.15) is 9.40 Å². The van der Waals surface area contributed by atoms with Crippen molar-refractivity contribution in [3.63, 3.8) is 0 Å². The summed E-state index contributed by atoms with van der Waals surface area (Å²) in [6.45, 7) is 2.62. The average molecular weight is 493 g/mol. The van der Waals surface area contributed by atoms with E-state index in [-0.39, 0.29) is 43.6 Å². The van der Waals surface area contributed by atoms with Crippen LogP contribution in [0.5, 0.6) is 5.75 Å². The van der Waals surface area contributed by atoms with Crippen molar-refractivity contribution in [2.75, 3.05) is 26.3 Å². The van der Waals surface area contributed by atoms with Gasteiger partial charge in [-0.25, -0.2) is 13.1 Å². The number of ether oxygens (including phenoxy) is 2. The van der Waals surface area contributed by atoms with E-state index in [1.54, 1.807) is 11.6 Å². The van der Waals surface area contributed by atoms with Gasteiger partial charge in [0.15, 0.2) is 5.75 Å². The standard InChI is InChI=1S/C21H21ClN4O6S/c1-15-18(21(22)25(23-15)16-5-3-2-4-6-16)14-32-20-8-7-17(13-19(20)26(27)28)33(29,30)24-9-11-31-12-10-24/h2-8,13H,9-12,14H2,1H3. The highest BCUT2D eigenvalue weighted by molar-refractivity contribution is 7.89. The molecule has 0 bridgehead atoms. The summed E-state index contributed by atoms with van der Waals surface area (Å²) in [5, 5.41) is 16.4. The molecule has 33 heavy (non-hydrogen) atoms. The van der Waals surface area contributed by atoms with Crippen LogP contribution in [0, 0.1) is 17.0 Å². The molecular weight excluding hydrogens is 472 g/mol. The van der Waals surface area contributed by atoms with Crippen molar-refractivity contribution in [3.8, 4) is 11.4 Å². The summed E-state index contributed by atoms with van der Waals surface area (Å²) in [5.41, 5.74) is 1.49. The highest BCUT2D eigenvalue weighted by atomic mass is 35.5. The first-order valence-corrected chi connectivity index (χ1v) is 11.9. The Balaban J connectivity index is 1.59. The fourth-order valence-corrected chi connectivity index (χ4v) is 5.20. The van der Waals surface area contributed by atoms with Gasteiger partial charge in [-0.3, -0.25) is 10.1 Å². The third kappa shape index (κ3) is 4.71. The van der Waals surface area contributed by atoms with Crippen LogP contribution in [-0.4, -0.2) is 53.7 Å². The number of halogens is 1. The molecule has 174 valence electrons. The summed E-state index contributed by atoms with van der Waals surface area (Å²) in [6, 6.07) is 12.9. The molecule has 4 rings (SSSR count). The molecule has 2 aromatic carbocycles. The maximum absolute atomic E-state index is 12.9. The molecule has 0 aliphatic carbocycles. The summed E-state index contributed by atoms with van der Waals surface area (Å²) < 4.78 is 39.4. The molecule has 0 saturated carbocycles. The van der Waals surface area contributed by atoms with E-state index in [9.17, 15) is 18.5 Å². The minimum atomic E-state index is -3.88. The van der Waals surface area contributed by atoms with Crippen LogP contribution < -0.4 is 4.74 Å². The number of sulfonamides is 1. The Morgan fingerprint density at radius 1 is 1.18 bits per heavy atom. The van der Waals surface area contributed by atoms with Gasteiger partial charge in [0.25, 0.3) is 0 Å². The van der Waals surface area contributed by atoms with Crippen molar-refractivity contribution < 1.29 is 22.8 Å². The van der Waals surface area contributed by atoms with E-state index in [4.69, 9.17) is 21.1 Å². The van der Waals surface area contributed by atoms with Gasteiger partial charge in [-0.05, 0) is 31.2 Å². The number of rotatable bonds is 7. The molecule has 0 radical (unpaired) electrons. The quantitative estimate of drug-likeness (QED) is 0.366. The normalized spacial score (nSPS) is 14.8. The molecule has 12 heteroatoms. The molecule has 0 atom stereocenters. The lowest BCUT2D eigenvalue weighted by Gasteiger charge is -2.26. The second kappa shape index (κ2) is 9.48. The maximum Gasteiger partial charge on any atom is 0.312 e. The molecular formula is C21H21ClN4O6S. The number of nitro benzene ring substituents is 1. The summed E-state index contributed by atoms with van der Waals surface area (Å²) in [6.07, 6.45) is 0. The molecule has 1 fully saturated rings. The highest BCUT2D eigenvalue weighted by Gasteiger charge is 2.29. The number of para-hydroxylation sites is 1. The van der Waals surface area contributed by atoms with Crippen LogP contribution in [0.15, 0.2) is 53.4 Å². The van der Waals surface area contributed by atoms with E-state index in [1.165, 1.54) is 16.4 Å². The topological polar surface area (TPSA) is 117 Å². The molecule has 0 amide bonds. The maximum atomic E-state index is 12.9. The van der Waals surface area contributed by atoms with Crippen LogP contribution in [0.25, 0.3) is 5.69 Å². The van der Waals surface area contributed by atoms with Gasteiger partial charge in [0.05, 0.1) is 34.4 Å². The van der Waals surface area contributed by atoms with Gasteiger partial charge >= 0.3 is 5.69 Å². The van der Waals surface area contributed by atoms with Crippen LogP contribution in [0.2, 0.25) is 5.15 Å². The summed E-state index contributed by atoms with van der Waals surface area (Å²) in [5.74, 6) is -0.0659. The summed E-state index contributed by atoms with van der Waals surface area (Å²) >= 11 is 6.50. The van der Waals surface area contributed by atoms with Crippen molar-refractivity contribution >= 4 is 27.3 Å². The molecule has 1 saturated heterocycles. The largest absolute Gasteiger partial charge is 0.482 e. The van der Waals surface area contributed by atoms with Crippen LogP contribution in [0.3, 0.4) is 0 Å². The third-order valence-corrected chi connectivity index (χ3v) is 7.51. The zero-order valence-electron chi connectivity index (χ0n) is 17.7. The van der Waals surface area contributed by atoms with E-state index >= 15 is 0 Å². The number of aromatic nitrogens is 2. The second-order valence-corrected chi connectivity index (χ2v) is 9.59. The Bertz CT molecular complexity index is 1270. The molecule has 2 heterocycles. The molecule has 1 aliphatic rings. The first kappa shape index (κ1) is 23.2. The van der Waals surface area contributed by atoms with Gasteiger partial charge in [0.1, 0.15) is 11.8 Å². The van der Waals surface area contributed by atoms with Crippen molar-refractivity contribution in [1.82, 2.24) is 14.1 Å². The smallest absolute Gasteiger partial charge is 0.312 e. The monoisotopic (exact) mass is 492 g/mol. The minimum absolute atomic E-state index is 0.0659. The average Bonchev–Trinajstić information content (AvgIpc) is 3.11. The number of nitro groups is 1. The Kier molecular flexibility index (Phi) is 6.66. The predicted octanol–water partition coefficient (Wildman–Crippen LogP) is 3.34. The Morgan fingerprint density at radius 2 is 1.88 bits per heavy atom. The fourth-order valence-electron chi connectivity index (χ4n) is 3.44. The van der Waals surface area contributed by atoms with Crippen molar-refractivity contribution in [1.29, 1.82) is 0 Å². The molecule has 0 unspecified atom stereocenters. The molecule has 1 aromatic heterocycles. The third-order valence-electron chi connectivity index (χ3n) is 5.23. The predicted molar refractivity (Wildman–Crippen MR) is 120 cm³/mol. The van der Waals surface area contributed by atoms with Crippen molar-refractivity contribution in [2.24, 2.45) is 0 Å². The van der Waals surface area contributed by atoms with E-state index < -0.39 is 20.6 Å². The van der Waals surface area contributed by atoms with Gasteiger partial charge in [0, 0.05) is 24.7 Å². The Labute approximate surface area is 195 Å². The summed E-state index contributed by atoms with van der Waals surface area (Å²) in [7, 11) is -3.88. The van der Waals surface area contributed by atoms with Crippen LogP contribution >= 0.6 is 11.6 Å².